The average Bonchev–Trinajstić information content (AvgIpc) is 3.42. The maximum Gasteiger partial charge on any atom is 0.315 e. The van der Waals surface area contributed by atoms with Crippen LogP contribution in [0.4, 0.5) is 4.79 Å². The first-order valence-electron chi connectivity index (χ1n) is 22.4. The summed E-state index contributed by atoms with van der Waals surface area (Å²) >= 11 is 0. The van der Waals surface area contributed by atoms with Crippen molar-refractivity contribution in [3.63, 3.8) is 0 Å². The highest BCUT2D eigenvalue weighted by atomic mass is 32.2. The van der Waals surface area contributed by atoms with Crippen molar-refractivity contribution in [2.75, 3.05) is 12.3 Å². The lowest BCUT2D eigenvalue weighted by Gasteiger charge is -2.43. The summed E-state index contributed by atoms with van der Waals surface area (Å²) in [5, 5.41) is 15.2. The number of Topliss-reactive ketones (excluding diaryl/α,β-unsaturated/α-hetero) is 1. The van der Waals surface area contributed by atoms with Crippen LogP contribution in [0.5, 0.6) is 0 Å². The van der Waals surface area contributed by atoms with E-state index in [9.17, 15) is 32.4 Å². The van der Waals surface area contributed by atoms with E-state index >= 15 is 0 Å². The highest BCUT2D eigenvalue weighted by Crippen LogP contribution is 2.50. The number of urea groups is 1. The normalized spacial score (nSPS) is 24.8. The van der Waals surface area contributed by atoms with E-state index in [0.29, 0.717) is 51.0 Å². The van der Waals surface area contributed by atoms with Gasteiger partial charge in [0.2, 0.25) is 17.6 Å². The Balaban J connectivity index is 1.64. The van der Waals surface area contributed by atoms with Gasteiger partial charge in [0.25, 0.3) is 5.91 Å². The molecule has 4 fully saturated rings. The minimum atomic E-state index is -3.57. The first-order chi connectivity index (χ1) is 26.7. The Morgan fingerprint density at radius 2 is 1.37 bits per heavy atom. The van der Waals surface area contributed by atoms with Gasteiger partial charge in [0.15, 0.2) is 9.84 Å². The fraction of sp³-hybridized carbons (Fsp3) is 0.886. The molecule has 0 radical (unpaired) electrons. The molecule has 0 saturated heterocycles. The van der Waals surface area contributed by atoms with Crippen LogP contribution in [0.2, 0.25) is 0 Å². The second-order valence-corrected chi connectivity index (χ2v) is 23.0. The van der Waals surface area contributed by atoms with Gasteiger partial charge in [-0.15, -0.1) is 0 Å². The number of carbonyl (C=O) groups is 5. The molecule has 5 amide bonds. The molecule has 0 aromatic carbocycles. The zero-order valence-corrected chi connectivity index (χ0v) is 37.4. The number of amides is 5. The number of hydrogen-bond acceptors (Lipinski definition) is 7. The van der Waals surface area contributed by atoms with E-state index in [4.69, 9.17) is 0 Å². The van der Waals surface area contributed by atoms with Crippen LogP contribution in [0.15, 0.2) is 0 Å². The molecule has 0 heterocycles. The number of carbonyl (C=O) groups excluding carboxylic acids is 5. The van der Waals surface area contributed by atoms with Crippen LogP contribution in [0.3, 0.4) is 0 Å². The third-order valence-electron chi connectivity index (χ3n) is 14.3. The lowest BCUT2D eigenvalue weighted by Crippen LogP contribution is -2.65. The minimum absolute atomic E-state index is 0.0596. The number of nitrogens with one attached hydrogen (secondary N) is 5. The average molecular weight is 820 g/mol. The predicted molar refractivity (Wildman–Crippen MR) is 225 cm³/mol. The van der Waals surface area contributed by atoms with Crippen molar-refractivity contribution >= 4 is 39.4 Å². The molecule has 0 aliphatic heterocycles. The number of hydrogen-bond donors (Lipinski definition) is 5. The molecule has 12 nitrogen and oxygen atoms in total. The summed E-state index contributed by atoms with van der Waals surface area (Å²) in [6, 6.07) is -3.01. The van der Waals surface area contributed by atoms with Gasteiger partial charge >= 0.3 is 6.03 Å². The van der Waals surface area contributed by atoms with Gasteiger partial charge in [-0.25, -0.2) is 13.2 Å². The molecule has 4 saturated carbocycles. The molecule has 4 rings (SSSR count). The SMILES string of the molecule is CCCNC(=O)C(=O)CC(CC1CCC1)NC(=O)[C@@H](NC(=O)[C@@H](NC(=O)NC1(CS(=O)(=O)C(C)(C)C)CCCCC1)C1(C)CCCCC1)[C@H]1CCC(C)(C)[C@H]1CC. The molecular weight excluding hydrogens is 743 g/mol. The van der Waals surface area contributed by atoms with Gasteiger partial charge in [-0.1, -0.05) is 98.8 Å². The van der Waals surface area contributed by atoms with Gasteiger partial charge < -0.3 is 26.6 Å². The van der Waals surface area contributed by atoms with Gasteiger partial charge in [-0.2, -0.15) is 0 Å². The van der Waals surface area contributed by atoms with Gasteiger partial charge in [0, 0.05) is 19.0 Å². The van der Waals surface area contributed by atoms with Crippen LogP contribution in [0.1, 0.15) is 177 Å². The maximum absolute atomic E-state index is 14.9. The Morgan fingerprint density at radius 1 is 0.754 bits per heavy atom. The first kappa shape index (κ1) is 47.0. The fourth-order valence-corrected chi connectivity index (χ4v) is 11.9. The quantitative estimate of drug-likeness (QED) is 0.0961. The molecule has 57 heavy (non-hydrogen) atoms. The summed E-state index contributed by atoms with van der Waals surface area (Å²) in [4.78, 5) is 69.5. The van der Waals surface area contributed by atoms with E-state index in [1.165, 1.54) is 0 Å². The molecule has 4 aliphatic carbocycles. The summed E-state index contributed by atoms with van der Waals surface area (Å²) in [7, 11) is -3.57. The molecule has 5 N–H and O–H groups in total. The van der Waals surface area contributed by atoms with Crippen molar-refractivity contribution in [2.45, 2.75) is 206 Å². The molecule has 0 aromatic heterocycles. The summed E-state index contributed by atoms with van der Waals surface area (Å²) < 4.78 is 26.1. The van der Waals surface area contributed by atoms with Crippen molar-refractivity contribution < 1.29 is 32.4 Å². The molecule has 0 spiro atoms. The summed E-state index contributed by atoms with van der Waals surface area (Å²) in [6.45, 7) is 15.9. The minimum Gasteiger partial charge on any atom is -0.351 e. The Labute approximate surface area is 344 Å². The monoisotopic (exact) mass is 820 g/mol. The van der Waals surface area contributed by atoms with Crippen LogP contribution >= 0.6 is 0 Å². The first-order valence-corrected chi connectivity index (χ1v) is 24.0. The fourth-order valence-electron chi connectivity index (χ4n) is 10.4. The lowest BCUT2D eigenvalue weighted by atomic mass is 9.70. The topological polar surface area (TPSA) is 180 Å². The van der Waals surface area contributed by atoms with Crippen LogP contribution in [-0.2, 0) is 29.0 Å². The lowest BCUT2D eigenvalue weighted by molar-refractivity contribution is -0.138. The van der Waals surface area contributed by atoms with Gasteiger partial charge in [-0.3, -0.25) is 19.2 Å². The van der Waals surface area contributed by atoms with Gasteiger partial charge in [0.1, 0.15) is 12.1 Å². The summed E-state index contributed by atoms with van der Waals surface area (Å²) in [6.07, 6.45) is 14.6. The Kier molecular flexibility index (Phi) is 16.1. The van der Waals surface area contributed by atoms with E-state index in [-0.39, 0.29) is 35.3 Å². The summed E-state index contributed by atoms with van der Waals surface area (Å²) in [5.41, 5.74) is -1.60. The number of ketones is 1. The second-order valence-electron chi connectivity index (χ2n) is 20.3. The van der Waals surface area contributed by atoms with Crippen molar-refractivity contribution in [3.8, 4) is 0 Å². The summed E-state index contributed by atoms with van der Waals surface area (Å²) in [5.74, 6) is -1.85. The van der Waals surface area contributed by atoms with Crippen molar-refractivity contribution in [3.05, 3.63) is 0 Å². The van der Waals surface area contributed by atoms with Crippen LogP contribution in [-0.4, -0.2) is 78.7 Å². The van der Waals surface area contributed by atoms with Crippen LogP contribution < -0.4 is 26.6 Å². The molecule has 0 bridgehead atoms. The van der Waals surface area contributed by atoms with E-state index in [0.717, 1.165) is 77.0 Å². The molecule has 1 unspecified atom stereocenters. The van der Waals surface area contributed by atoms with E-state index in [2.05, 4.69) is 47.4 Å². The Morgan fingerprint density at radius 3 is 1.91 bits per heavy atom. The highest BCUT2D eigenvalue weighted by Gasteiger charge is 2.50. The van der Waals surface area contributed by atoms with E-state index < -0.39 is 67.3 Å². The van der Waals surface area contributed by atoms with Crippen molar-refractivity contribution in [1.29, 1.82) is 0 Å². The smallest absolute Gasteiger partial charge is 0.315 e. The number of rotatable bonds is 18. The maximum atomic E-state index is 14.9. The Bertz CT molecular complexity index is 1520. The van der Waals surface area contributed by atoms with E-state index in [1.807, 2.05) is 13.8 Å². The van der Waals surface area contributed by atoms with Gasteiger partial charge in [-0.05, 0) is 101 Å². The standard InChI is InChI=1S/C44H77N5O7S/c1-9-26-45-37(51)34(50)28-31(27-30-18-17-19-30)46-38(52)35(32-20-25-42(6,7)33(32)10-2)47-39(53)36(43(8)21-13-11-14-22-43)48-40(54)49-44(23-15-12-16-24-44)29-57(55,56)41(3,4)5/h30-33,35-36H,9-29H2,1-8H3,(H,45,51)(H,46,52)(H,47,53)(H2,48,49,54)/t31?,32-,33-,35-,36+/m0/s1. The van der Waals surface area contributed by atoms with Crippen LogP contribution in [0, 0.1) is 28.6 Å². The molecule has 13 heteroatoms. The largest absolute Gasteiger partial charge is 0.351 e. The highest BCUT2D eigenvalue weighted by molar-refractivity contribution is 7.92. The number of sulfone groups is 1. The second kappa shape index (κ2) is 19.6. The van der Waals surface area contributed by atoms with Crippen molar-refractivity contribution in [2.24, 2.45) is 28.6 Å². The predicted octanol–water partition coefficient (Wildman–Crippen LogP) is 6.65. The molecule has 5 atom stereocenters. The molecule has 0 aromatic rings. The third kappa shape index (κ3) is 12.2. The Hall–Kier alpha value is -2.70. The zero-order chi connectivity index (χ0) is 42.2. The third-order valence-corrected chi connectivity index (χ3v) is 17.1. The molecule has 4 aliphatic rings. The van der Waals surface area contributed by atoms with Crippen LogP contribution in [0.25, 0.3) is 0 Å². The van der Waals surface area contributed by atoms with E-state index in [1.54, 1.807) is 20.8 Å². The molecular formula is C44H77N5O7S. The molecule has 326 valence electrons. The van der Waals surface area contributed by atoms with Crippen molar-refractivity contribution in [1.82, 2.24) is 26.6 Å². The zero-order valence-electron chi connectivity index (χ0n) is 36.6. The van der Waals surface area contributed by atoms with Gasteiger partial charge in [0.05, 0.1) is 16.0 Å².